The molecule has 3 rings (SSSR count). The number of carbonyl (C=O) groups excluding carboxylic acids is 1. The Labute approximate surface area is 117 Å². The van der Waals surface area contributed by atoms with Gasteiger partial charge in [-0.15, -0.1) is 0 Å². The first-order valence-corrected chi connectivity index (χ1v) is 6.41. The molecule has 2 N–H and O–H groups in total. The summed E-state index contributed by atoms with van der Waals surface area (Å²) in [6.07, 6.45) is 2.92. The molecule has 5 nitrogen and oxygen atoms in total. The maximum atomic E-state index is 12.3. The molecule has 102 valence electrons. The second-order valence-corrected chi connectivity index (χ2v) is 4.77. The molecule has 0 radical (unpaired) electrons. The van der Waals surface area contributed by atoms with E-state index in [-0.39, 0.29) is 5.91 Å². The predicted molar refractivity (Wildman–Crippen MR) is 76.4 cm³/mol. The van der Waals surface area contributed by atoms with Crippen molar-refractivity contribution < 1.29 is 9.53 Å². The lowest BCUT2D eigenvalue weighted by Crippen LogP contribution is -2.44. The molecule has 0 bridgehead atoms. The van der Waals surface area contributed by atoms with Crippen LogP contribution >= 0.6 is 0 Å². The number of rotatable bonds is 2. The molecule has 1 atom stereocenters. The minimum Gasteiger partial charge on any atom is -0.479 e. The van der Waals surface area contributed by atoms with Gasteiger partial charge in [0, 0.05) is 24.1 Å². The molecule has 0 aliphatic carbocycles. The van der Waals surface area contributed by atoms with Crippen molar-refractivity contribution in [2.75, 3.05) is 10.6 Å². The zero-order valence-corrected chi connectivity index (χ0v) is 11.1. The zero-order chi connectivity index (χ0) is 14.1. The van der Waals surface area contributed by atoms with Crippen LogP contribution in [0.15, 0.2) is 42.7 Å². The van der Waals surface area contributed by atoms with Crippen LogP contribution in [0.5, 0.6) is 5.75 Å². The van der Waals surface area contributed by atoms with Gasteiger partial charge in [0.15, 0.2) is 6.10 Å². The number of aromatic nitrogens is 1. The Morgan fingerprint density at radius 3 is 2.80 bits per heavy atom. The van der Waals surface area contributed by atoms with Crippen molar-refractivity contribution in [1.82, 2.24) is 4.98 Å². The Bertz CT molecular complexity index is 643. The van der Waals surface area contributed by atoms with Gasteiger partial charge in [-0.25, -0.2) is 0 Å². The van der Waals surface area contributed by atoms with E-state index in [2.05, 4.69) is 4.98 Å². The average molecular weight is 269 g/mol. The molecule has 20 heavy (non-hydrogen) atoms. The van der Waals surface area contributed by atoms with Gasteiger partial charge in [-0.3, -0.25) is 9.78 Å². The first kappa shape index (κ1) is 12.5. The van der Waals surface area contributed by atoms with Crippen molar-refractivity contribution in [3.63, 3.8) is 0 Å². The van der Waals surface area contributed by atoms with Crippen LogP contribution in [0.25, 0.3) is 0 Å². The second-order valence-electron chi connectivity index (χ2n) is 4.77. The average Bonchev–Trinajstić information content (AvgIpc) is 2.45. The Morgan fingerprint density at radius 1 is 1.30 bits per heavy atom. The fraction of sp³-hybridized carbons (Fsp3) is 0.200. The molecule has 2 heterocycles. The summed E-state index contributed by atoms with van der Waals surface area (Å²) in [6, 6.07) is 9.12. The van der Waals surface area contributed by atoms with Crippen LogP contribution in [0.4, 0.5) is 11.4 Å². The van der Waals surface area contributed by atoms with Gasteiger partial charge in [-0.1, -0.05) is 0 Å². The van der Waals surface area contributed by atoms with Gasteiger partial charge < -0.3 is 15.4 Å². The lowest BCUT2D eigenvalue weighted by Gasteiger charge is -2.33. The predicted octanol–water partition coefficient (Wildman–Crippen LogP) is 1.98. The Kier molecular flexibility index (Phi) is 3.02. The molecule has 5 heteroatoms. The van der Waals surface area contributed by atoms with Crippen molar-refractivity contribution in [1.29, 1.82) is 0 Å². The first-order valence-electron chi connectivity index (χ1n) is 6.41. The molecule has 1 aromatic carbocycles. The Hall–Kier alpha value is -2.56. The van der Waals surface area contributed by atoms with Crippen LogP contribution in [0.3, 0.4) is 0 Å². The fourth-order valence-corrected chi connectivity index (χ4v) is 2.26. The molecule has 0 fully saturated rings. The third-order valence-electron chi connectivity index (χ3n) is 3.28. The smallest absolute Gasteiger partial charge is 0.268 e. The van der Waals surface area contributed by atoms with E-state index in [0.29, 0.717) is 18.0 Å². The number of nitrogens with two attached hydrogens (primary N) is 1. The monoisotopic (exact) mass is 269 g/mol. The highest BCUT2D eigenvalue weighted by Gasteiger charge is 2.31. The highest BCUT2D eigenvalue weighted by molar-refractivity contribution is 6.00. The molecule has 0 saturated carbocycles. The Morgan fingerprint density at radius 2 is 2.05 bits per heavy atom. The number of anilines is 2. The quantitative estimate of drug-likeness (QED) is 0.846. The normalized spacial score (nSPS) is 17.6. The maximum Gasteiger partial charge on any atom is 0.268 e. The fourth-order valence-electron chi connectivity index (χ4n) is 2.26. The van der Waals surface area contributed by atoms with Gasteiger partial charge >= 0.3 is 0 Å². The van der Waals surface area contributed by atoms with Crippen molar-refractivity contribution in [2.45, 2.75) is 19.6 Å². The van der Waals surface area contributed by atoms with Crippen LogP contribution in [-0.4, -0.2) is 17.0 Å². The van der Waals surface area contributed by atoms with E-state index in [1.54, 1.807) is 36.4 Å². The Balaban J connectivity index is 1.99. The number of pyridine rings is 1. The van der Waals surface area contributed by atoms with Crippen LogP contribution in [0.1, 0.15) is 12.5 Å². The number of nitrogens with zero attached hydrogens (tertiary/aromatic N) is 2. The highest BCUT2D eigenvalue weighted by atomic mass is 16.5. The van der Waals surface area contributed by atoms with E-state index in [4.69, 9.17) is 10.5 Å². The molecular weight excluding hydrogens is 254 g/mol. The summed E-state index contributed by atoms with van der Waals surface area (Å²) >= 11 is 0. The summed E-state index contributed by atoms with van der Waals surface area (Å²) in [5, 5.41) is 0. The van der Waals surface area contributed by atoms with Gasteiger partial charge in [0.1, 0.15) is 5.75 Å². The molecule has 1 unspecified atom stereocenters. The number of ether oxygens (including phenoxy) is 1. The summed E-state index contributed by atoms with van der Waals surface area (Å²) in [5.41, 5.74) is 8.16. The summed E-state index contributed by atoms with van der Waals surface area (Å²) in [7, 11) is 0. The van der Waals surface area contributed by atoms with E-state index < -0.39 is 6.10 Å². The van der Waals surface area contributed by atoms with E-state index in [0.717, 1.165) is 11.3 Å². The molecule has 1 amide bonds. The molecule has 1 aliphatic heterocycles. The van der Waals surface area contributed by atoms with Gasteiger partial charge in [0.05, 0.1) is 12.2 Å². The van der Waals surface area contributed by atoms with Gasteiger partial charge in [0.25, 0.3) is 5.91 Å². The minimum absolute atomic E-state index is 0.0564. The lowest BCUT2D eigenvalue weighted by atomic mass is 10.1. The maximum absolute atomic E-state index is 12.3. The van der Waals surface area contributed by atoms with E-state index in [9.17, 15) is 4.79 Å². The topological polar surface area (TPSA) is 68.5 Å². The third kappa shape index (κ3) is 2.18. The van der Waals surface area contributed by atoms with Crippen molar-refractivity contribution in [2.24, 2.45) is 0 Å². The molecule has 0 saturated heterocycles. The summed E-state index contributed by atoms with van der Waals surface area (Å²) < 4.78 is 5.61. The number of carbonyl (C=O) groups is 1. The highest BCUT2D eigenvalue weighted by Crippen LogP contribution is 2.36. The molecular formula is C15H15N3O2. The van der Waals surface area contributed by atoms with Gasteiger partial charge in [0.2, 0.25) is 0 Å². The van der Waals surface area contributed by atoms with Crippen LogP contribution in [-0.2, 0) is 11.3 Å². The van der Waals surface area contributed by atoms with E-state index >= 15 is 0 Å². The molecule has 1 aliphatic rings. The standard InChI is InChI=1S/C15H15N3O2/c1-10-15(19)18(9-11-4-6-17-7-5-11)13-3-2-12(16)8-14(13)20-10/h2-8,10H,9,16H2,1H3. The zero-order valence-electron chi connectivity index (χ0n) is 11.1. The van der Waals surface area contributed by atoms with E-state index in [1.165, 1.54) is 0 Å². The largest absolute Gasteiger partial charge is 0.479 e. The number of nitrogen functional groups attached to an aromatic ring is 1. The number of hydrogen-bond acceptors (Lipinski definition) is 4. The van der Waals surface area contributed by atoms with Crippen LogP contribution in [0, 0.1) is 0 Å². The summed E-state index contributed by atoms with van der Waals surface area (Å²) in [4.78, 5) is 18.0. The minimum atomic E-state index is -0.508. The van der Waals surface area contributed by atoms with Gasteiger partial charge in [-0.05, 0) is 36.8 Å². The molecule has 2 aromatic rings. The number of fused-ring (bicyclic) bond motifs is 1. The number of benzene rings is 1. The lowest BCUT2D eigenvalue weighted by molar-refractivity contribution is -0.125. The van der Waals surface area contributed by atoms with Crippen molar-refractivity contribution >= 4 is 17.3 Å². The molecule has 1 aromatic heterocycles. The van der Waals surface area contributed by atoms with Crippen molar-refractivity contribution in [3.05, 3.63) is 48.3 Å². The van der Waals surface area contributed by atoms with Gasteiger partial charge in [-0.2, -0.15) is 0 Å². The van der Waals surface area contributed by atoms with E-state index in [1.807, 2.05) is 18.2 Å². The SMILES string of the molecule is CC1Oc2cc(N)ccc2N(Cc2ccncc2)C1=O. The van der Waals surface area contributed by atoms with Crippen LogP contribution < -0.4 is 15.4 Å². The number of hydrogen-bond donors (Lipinski definition) is 1. The third-order valence-corrected chi connectivity index (χ3v) is 3.28. The number of amides is 1. The first-order chi connectivity index (χ1) is 9.65. The van der Waals surface area contributed by atoms with Crippen LogP contribution in [0.2, 0.25) is 0 Å². The van der Waals surface area contributed by atoms with Crippen molar-refractivity contribution in [3.8, 4) is 5.75 Å². The summed E-state index contributed by atoms with van der Waals surface area (Å²) in [5.74, 6) is 0.588. The summed E-state index contributed by atoms with van der Waals surface area (Å²) in [6.45, 7) is 2.24. The second kappa shape index (κ2) is 4.85. The molecule has 0 spiro atoms.